The molecule has 0 amide bonds. The largest absolute Gasteiger partial charge is 0.496 e. The van der Waals surface area contributed by atoms with Gasteiger partial charge in [0.2, 0.25) is 0 Å². The van der Waals surface area contributed by atoms with Gasteiger partial charge in [-0.3, -0.25) is 0 Å². The molecule has 0 radical (unpaired) electrons. The lowest BCUT2D eigenvalue weighted by molar-refractivity contribution is 0.409. The Hall–Kier alpha value is -1.06. The van der Waals surface area contributed by atoms with E-state index >= 15 is 0 Å². The Bertz CT molecular complexity index is 355. The second-order valence-electron chi connectivity index (χ2n) is 5.03. The minimum atomic E-state index is -0.243. The zero-order valence-electron chi connectivity index (χ0n) is 10.6. The van der Waals surface area contributed by atoms with Crippen LogP contribution in [0.3, 0.4) is 0 Å². The lowest BCUT2D eigenvalue weighted by Gasteiger charge is -2.23. The van der Waals surface area contributed by atoms with Crippen molar-refractivity contribution in [1.29, 1.82) is 0 Å². The van der Waals surface area contributed by atoms with Crippen molar-refractivity contribution in [3.63, 3.8) is 0 Å². The fraction of sp³-hybridized carbons (Fsp3) is 0.538. The Labute approximate surface area is 97.8 Å². The van der Waals surface area contributed by atoms with E-state index in [9.17, 15) is 0 Å². The molecule has 1 atom stereocenters. The summed E-state index contributed by atoms with van der Waals surface area (Å²) in [5.74, 6) is 0.892. The van der Waals surface area contributed by atoms with Crippen molar-refractivity contribution < 1.29 is 4.74 Å². The van der Waals surface area contributed by atoms with Crippen LogP contribution in [0.25, 0.3) is 0 Å². The van der Waals surface area contributed by atoms with Crippen LogP contribution in [0.5, 0.6) is 5.75 Å². The summed E-state index contributed by atoms with van der Waals surface area (Å²) in [5, 5.41) is 0. The van der Waals surface area contributed by atoms with Gasteiger partial charge in [-0.1, -0.05) is 12.1 Å². The summed E-state index contributed by atoms with van der Waals surface area (Å²) in [5.41, 5.74) is 14.1. The number of aryl methyl sites for hydroxylation is 1. The van der Waals surface area contributed by atoms with Gasteiger partial charge in [-0.25, -0.2) is 0 Å². The molecule has 1 aromatic rings. The first-order chi connectivity index (χ1) is 7.33. The molecule has 1 unspecified atom stereocenters. The van der Waals surface area contributed by atoms with E-state index in [0.29, 0.717) is 0 Å². The van der Waals surface area contributed by atoms with Gasteiger partial charge in [0, 0.05) is 11.6 Å². The molecule has 1 rings (SSSR count). The molecule has 1 aromatic carbocycles. The Balaban J connectivity index is 2.85. The van der Waals surface area contributed by atoms with Crippen molar-refractivity contribution in [2.24, 2.45) is 11.5 Å². The van der Waals surface area contributed by atoms with Crippen LogP contribution < -0.4 is 16.2 Å². The van der Waals surface area contributed by atoms with E-state index in [4.69, 9.17) is 16.2 Å². The first kappa shape index (κ1) is 13.0. The molecule has 3 nitrogen and oxygen atoms in total. The molecule has 0 heterocycles. The van der Waals surface area contributed by atoms with E-state index in [-0.39, 0.29) is 11.6 Å². The standard InChI is InChI=1S/C13H22N2O/c1-9-7-10(5-6-12(9)16-4)11(14)8-13(2,3)15/h5-7,11H,8,14-15H2,1-4H3. The van der Waals surface area contributed by atoms with Crippen LogP contribution in [0.1, 0.15) is 37.4 Å². The van der Waals surface area contributed by atoms with Gasteiger partial charge in [-0.2, -0.15) is 0 Å². The van der Waals surface area contributed by atoms with E-state index in [0.717, 1.165) is 23.3 Å². The molecule has 0 saturated carbocycles. The smallest absolute Gasteiger partial charge is 0.121 e. The predicted molar refractivity (Wildman–Crippen MR) is 67.5 cm³/mol. The molecule has 0 aliphatic heterocycles. The third-order valence-electron chi connectivity index (χ3n) is 2.59. The van der Waals surface area contributed by atoms with E-state index < -0.39 is 0 Å². The van der Waals surface area contributed by atoms with E-state index in [1.54, 1.807) is 7.11 Å². The molecule has 3 heteroatoms. The first-order valence-electron chi connectivity index (χ1n) is 5.52. The molecule has 0 saturated heterocycles. The summed E-state index contributed by atoms with van der Waals surface area (Å²) in [6.45, 7) is 6.00. The van der Waals surface area contributed by atoms with E-state index in [1.807, 2.05) is 32.9 Å². The van der Waals surface area contributed by atoms with Crippen LogP contribution in [-0.4, -0.2) is 12.6 Å². The number of hydrogen-bond acceptors (Lipinski definition) is 3. The minimum Gasteiger partial charge on any atom is -0.496 e. The average Bonchev–Trinajstić information content (AvgIpc) is 2.15. The first-order valence-corrected chi connectivity index (χ1v) is 5.52. The second kappa shape index (κ2) is 4.85. The number of ether oxygens (including phenoxy) is 1. The highest BCUT2D eigenvalue weighted by molar-refractivity contribution is 5.37. The van der Waals surface area contributed by atoms with Gasteiger partial charge in [0.05, 0.1) is 7.11 Å². The van der Waals surface area contributed by atoms with Gasteiger partial charge < -0.3 is 16.2 Å². The summed E-state index contributed by atoms with van der Waals surface area (Å²) in [4.78, 5) is 0. The molecular formula is C13H22N2O. The molecular weight excluding hydrogens is 200 g/mol. The zero-order chi connectivity index (χ0) is 12.3. The van der Waals surface area contributed by atoms with Crippen molar-refractivity contribution in [3.05, 3.63) is 29.3 Å². The van der Waals surface area contributed by atoms with Crippen LogP contribution in [-0.2, 0) is 0 Å². The number of benzene rings is 1. The zero-order valence-corrected chi connectivity index (χ0v) is 10.6. The van der Waals surface area contributed by atoms with Crippen molar-refractivity contribution in [3.8, 4) is 5.75 Å². The maximum atomic E-state index is 6.12. The molecule has 0 fully saturated rings. The summed E-state index contributed by atoms with van der Waals surface area (Å²) in [7, 11) is 1.67. The topological polar surface area (TPSA) is 61.3 Å². The fourth-order valence-electron chi connectivity index (χ4n) is 1.82. The Kier molecular flexibility index (Phi) is 3.94. The maximum Gasteiger partial charge on any atom is 0.121 e. The SMILES string of the molecule is COc1ccc(C(N)CC(C)(C)N)cc1C. The average molecular weight is 222 g/mol. The summed E-state index contributed by atoms with van der Waals surface area (Å²) in [6.07, 6.45) is 0.763. The molecule has 16 heavy (non-hydrogen) atoms. The molecule has 0 aliphatic rings. The highest BCUT2D eigenvalue weighted by atomic mass is 16.5. The molecule has 0 aromatic heterocycles. The predicted octanol–water partition coefficient (Wildman–Crippen LogP) is 2.13. The van der Waals surface area contributed by atoms with Crippen LogP contribution in [0, 0.1) is 6.92 Å². The van der Waals surface area contributed by atoms with Crippen molar-refractivity contribution >= 4 is 0 Å². The Morgan fingerprint density at radius 3 is 2.44 bits per heavy atom. The van der Waals surface area contributed by atoms with Crippen LogP contribution in [0.4, 0.5) is 0 Å². The number of hydrogen-bond donors (Lipinski definition) is 2. The van der Waals surface area contributed by atoms with Gasteiger partial charge >= 0.3 is 0 Å². The summed E-state index contributed by atoms with van der Waals surface area (Å²) in [6, 6.07) is 6.00. The van der Waals surface area contributed by atoms with Gasteiger partial charge in [0.1, 0.15) is 5.75 Å². The second-order valence-corrected chi connectivity index (χ2v) is 5.03. The highest BCUT2D eigenvalue weighted by Gasteiger charge is 2.17. The molecule has 0 spiro atoms. The summed E-state index contributed by atoms with van der Waals surface area (Å²) >= 11 is 0. The van der Waals surface area contributed by atoms with Crippen molar-refractivity contribution in [1.82, 2.24) is 0 Å². The maximum absolute atomic E-state index is 6.12. The normalized spacial score (nSPS) is 13.6. The summed E-state index contributed by atoms with van der Waals surface area (Å²) < 4.78 is 5.22. The molecule has 0 aliphatic carbocycles. The van der Waals surface area contributed by atoms with Crippen LogP contribution in [0.15, 0.2) is 18.2 Å². The molecule has 90 valence electrons. The monoisotopic (exact) mass is 222 g/mol. The Morgan fingerprint density at radius 1 is 1.38 bits per heavy atom. The van der Waals surface area contributed by atoms with Crippen molar-refractivity contribution in [2.45, 2.75) is 38.8 Å². The molecule has 0 bridgehead atoms. The van der Waals surface area contributed by atoms with Crippen LogP contribution >= 0.6 is 0 Å². The third kappa shape index (κ3) is 3.51. The van der Waals surface area contributed by atoms with Gasteiger partial charge in [0.25, 0.3) is 0 Å². The number of rotatable bonds is 4. The third-order valence-corrected chi connectivity index (χ3v) is 2.59. The van der Waals surface area contributed by atoms with E-state index in [1.165, 1.54) is 0 Å². The lowest BCUT2D eigenvalue weighted by atomic mass is 9.92. The van der Waals surface area contributed by atoms with E-state index in [2.05, 4.69) is 6.07 Å². The quantitative estimate of drug-likeness (QED) is 0.820. The number of methoxy groups -OCH3 is 1. The number of nitrogens with two attached hydrogens (primary N) is 2. The molecule has 4 N–H and O–H groups in total. The minimum absolute atomic E-state index is 0.0235. The van der Waals surface area contributed by atoms with Crippen LogP contribution in [0.2, 0.25) is 0 Å². The Morgan fingerprint density at radius 2 is 2.00 bits per heavy atom. The highest BCUT2D eigenvalue weighted by Crippen LogP contribution is 2.25. The van der Waals surface area contributed by atoms with Gasteiger partial charge in [-0.05, 0) is 44.4 Å². The van der Waals surface area contributed by atoms with Gasteiger partial charge in [-0.15, -0.1) is 0 Å². The fourth-order valence-corrected chi connectivity index (χ4v) is 1.82. The van der Waals surface area contributed by atoms with Gasteiger partial charge in [0.15, 0.2) is 0 Å². The van der Waals surface area contributed by atoms with Crippen molar-refractivity contribution in [2.75, 3.05) is 7.11 Å². The lowest BCUT2D eigenvalue weighted by Crippen LogP contribution is -2.35.